The number of hydrogen-bond donors (Lipinski definition) is 1. The molecule has 1 aliphatic heterocycles. The lowest BCUT2D eigenvalue weighted by atomic mass is 9.99. The van der Waals surface area contributed by atoms with Gasteiger partial charge in [0.2, 0.25) is 0 Å². The zero-order valence-corrected chi connectivity index (χ0v) is 13.4. The molecule has 0 radical (unpaired) electrons. The van der Waals surface area contributed by atoms with Gasteiger partial charge >= 0.3 is 0 Å². The predicted octanol–water partition coefficient (Wildman–Crippen LogP) is 2.84. The number of aryl methyl sites for hydroxylation is 1. The summed E-state index contributed by atoms with van der Waals surface area (Å²) in [5, 5.41) is 21.6. The molecule has 0 aromatic carbocycles. The number of aromatic nitrogens is 2. The van der Waals surface area contributed by atoms with Gasteiger partial charge in [0.05, 0.1) is 11.8 Å². The summed E-state index contributed by atoms with van der Waals surface area (Å²) >= 11 is 0. The van der Waals surface area contributed by atoms with Crippen LogP contribution in [-0.2, 0) is 17.6 Å². The van der Waals surface area contributed by atoms with Crippen LogP contribution in [0.15, 0.2) is 0 Å². The van der Waals surface area contributed by atoms with Gasteiger partial charge in [0.25, 0.3) is 0 Å². The van der Waals surface area contributed by atoms with Gasteiger partial charge in [0.15, 0.2) is 5.82 Å². The summed E-state index contributed by atoms with van der Waals surface area (Å²) in [4.78, 5) is 0. The van der Waals surface area contributed by atoms with Gasteiger partial charge in [0, 0.05) is 12.6 Å². The maximum Gasteiger partial charge on any atom is 0.167 e. The molecule has 22 heavy (non-hydrogen) atoms. The van der Waals surface area contributed by atoms with E-state index in [1.54, 1.807) is 0 Å². The quantitative estimate of drug-likeness (QED) is 0.905. The number of hydrogen-bond acceptors (Lipinski definition) is 5. The Morgan fingerprint density at radius 3 is 2.68 bits per heavy atom. The lowest BCUT2D eigenvalue weighted by Crippen LogP contribution is -2.35. The monoisotopic (exact) mass is 300 g/mol. The van der Waals surface area contributed by atoms with Gasteiger partial charge < -0.3 is 10.1 Å². The normalized spacial score (nSPS) is 24.8. The Morgan fingerprint density at radius 2 is 2.05 bits per heavy atom. The number of ether oxygens (including phenoxy) is 1. The van der Waals surface area contributed by atoms with Gasteiger partial charge in [-0.2, -0.15) is 10.4 Å². The lowest BCUT2D eigenvalue weighted by molar-refractivity contribution is -0.00224. The van der Waals surface area contributed by atoms with Crippen molar-refractivity contribution in [1.29, 1.82) is 5.26 Å². The van der Waals surface area contributed by atoms with E-state index in [1.807, 2.05) is 0 Å². The molecule has 1 saturated carbocycles. The Kier molecular flexibility index (Phi) is 4.58. The van der Waals surface area contributed by atoms with Crippen LogP contribution in [0.1, 0.15) is 56.4 Å². The van der Waals surface area contributed by atoms with Gasteiger partial charge in [-0.3, -0.25) is 0 Å². The third-order valence-electron chi connectivity index (χ3n) is 4.76. The molecule has 2 aliphatic rings. The summed E-state index contributed by atoms with van der Waals surface area (Å²) in [6, 6.07) is 2.66. The summed E-state index contributed by atoms with van der Waals surface area (Å²) < 4.78 is 5.87. The number of nitriles is 1. The Balaban J connectivity index is 1.78. The zero-order chi connectivity index (χ0) is 15.5. The van der Waals surface area contributed by atoms with Crippen LogP contribution in [0.25, 0.3) is 0 Å². The van der Waals surface area contributed by atoms with E-state index in [9.17, 15) is 5.26 Å². The topological polar surface area (TPSA) is 70.8 Å². The van der Waals surface area contributed by atoms with E-state index in [1.165, 1.54) is 12.8 Å². The van der Waals surface area contributed by atoms with Gasteiger partial charge in [-0.05, 0) is 50.0 Å². The first kappa shape index (κ1) is 15.2. The second-order valence-electron chi connectivity index (χ2n) is 6.28. The van der Waals surface area contributed by atoms with Crippen molar-refractivity contribution >= 4 is 5.82 Å². The fraction of sp³-hybridized carbons (Fsp3) is 0.706. The Morgan fingerprint density at radius 1 is 1.23 bits per heavy atom. The number of rotatable bonds is 5. The average molecular weight is 300 g/mol. The van der Waals surface area contributed by atoms with Crippen LogP contribution >= 0.6 is 0 Å². The van der Waals surface area contributed by atoms with Crippen LogP contribution in [0.2, 0.25) is 0 Å². The largest absolute Gasteiger partial charge is 0.378 e. The average Bonchev–Trinajstić information content (AvgIpc) is 3.39. The molecular weight excluding hydrogens is 276 g/mol. The number of anilines is 1. The molecule has 2 fully saturated rings. The summed E-state index contributed by atoms with van der Waals surface area (Å²) in [5.74, 6) is 1.40. The van der Waals surface area contributed by atoms with E-state index in [0.717, 1.165) is 49.5 Å². The molecule has 1 aromatic rings. The fourth-order valence-electron chi connectivity index (χ4n) is 3.34. The zero-order valence-electron chi connectivity index (χ0n) is 13.4. The minimum Gasteiger partial charge on any atom is -0.378 e. The highest BCUT2D eigenvalue weighted by Crippen LogP contribution is 2.38. The van der Waals surface area contributed by atoms with E-state index in [4.69, 9.17) is 4.74 Å². The number of nitrogens with one attached hydrogen (secondary N) is 1. The highest BCUT2D eigenvalue weighted by molar-refractivity contribution is 5.57. The molecule has 0 amide bonds. The first-order valence-electron chi connectivity index (χ1n) is 8.43. The molecular formula is C17H24N4O. The molecule has 1 saturated heterocycles. The van der Waals surface area contributed by atoms with Crippen molar-refractivity contribution in [2.24, 2.45) is 5.92 Å². The Bertz CT molecular complexity index is 577. The van der Waals surface area contributed by atoms with E-state index in [0.29, 0.717) is 23.5 Å². The van der Waals surface area contributed by atoms with Crippen molar-refractivity contribution < 1.29 is 4.74 Å². The lowest BCUT2D eigenvalue weighted by Gasteiger charge is -2.30. The van der Waals surface area contributed by atoms with Crippen LogP contribution in [0.4, 0.5) is 5.82 Å². The SMILES string of the molecule is CCc1nnc(NC2CCOC(C3CC3)C2)c(C#N)c1CC. The van der Waals surface area contributed by atoms with Crippen molar-refractivity contribution in [2.75, 3.05) is 11.9 Å². The van der Waals surface area contributed by atoms with Crippen molar-refractivity contribution in [3.63, 3.8) is 0 Å². The Hall–Kier alpha value is -1.67. The fourth-order valence-corrected chi connectivity index (χ4v) is 3.34. The van der Waals surface area contributed by atoms with Crippen LogP contribution in [-0.4, -0.2) is 29.0 Å². The second kappa shape index (κ2) is 6.62. The van der Waals surface area contributed by atoms with Crippen molar-refractivity contribution in [1.82, 2.24) is 10.2 Å². The molecule has 2 unspecified atom stereocenters. The van der Waals surface area contributed by atoms with E-state index in [2.05, 4.69) is 35.4 Å². The molecule has 5 nitrogen and oxygen atoms in total. The smallest absolute Gasteiger partial charge is 0.167 e. The first-order chi connectivity index (χ1) is 10.8. The third kappa shape index (κ3) is 3.07. The van der Waals surface area contributed by atoms with Gasteiger partial charge in [-0.25, -0.2) is 0 Å². The molecule has 5 heteroatoms. The highest BCUT2D eigenvalue weighted by Gasteiger charge is 2.36. The maximum atomic E-state index is 9.55. The van der Waals surface area contributed by atoms with Crippen LogP contribution in [0.5, 0.6) is 0 Å². The molecule has 3 rings (SSSR count). The standard InChI is InChI=1S/C17H24N4O/c1-3-13-14(10-18)17(21-20-15(13)4-2)19-12-7-8-22-16(9-12)11-5-6-11/h11-12,16H,3-9H2,1-2H3,(H,19,21). The molecule has 1 aliphatic carbocycles. The van der Waals surface area contributed by atoms with E-state index >= 15 is 0 Å². The molecule has 0 spiro atoms. The predicted molar refractivity (Wildman–Crippen MR) is 84.6 cm³/mol. The molecule has 2 heterocycles. The van der Waals surface area contributed by atoms with Gasteiger partial charge in [-0.15, -0.1) is 5.10 Å². The first-order valence-corrected chi connectivity index (χ1v) is 8.43. The third-order valence-corrected chi connectivity index (χ3v) is 4.76. The van der Waals surface area contributed by atoms with E-state index in [-0.39, 0.29) is 0 Å². The molecule has 1 aromatic heterocycles. The Labute approximate surface area is 132 Å². The summed E-state index contributed by atoms with van der Waals surface area (Å²) in [7, 11) is 0. The summed E-state index contributed by atoms with van der Waals surface area (Å²) in [6.45, 7) is 4.91. The molecule has 0 bridgehead atoms. The van der Waals surface area contributed by atoms with Crippen molar-refractivity contribution in [2.45, 2.75) is 64.5 Å². The van der Waals surface area contributed by atoms with E-state index < -0.39 is 0 Å². The van der Waals surface area contributed by atoms with Crippen molar-refractivity contribution in [3.8, 4) is 6.07 Å². The number of nitrogens with zero attached hydrogens (tertiary/aromatic N) is 3. The minimum atomic E-state index is 0.331. The van der Waals surface area contributed by atoms with Crippen molar-refractivity contribution in [3.05, 3.63) is 16.8 Å². The van der Waals surface area contributed by atoms with Crippen LogP contribution in [0, 0.1) is 17.2 Å². The highest BCUT2D eigenvalue weighted by atomic mass is 16.5. The summed E-state index contributed by atoms with van der Waals surface area (Å²) in [5.41, 5.74) is 2.64. The summed E-state index contributed by atoms with van der Waals surface area (Å²) in [6.07, 6.45) is 6.57. The van der Waals surface area contributed by atoms with Gasteiger partial charge in [-0.1, -0.05) is 13.8 Å². The molecule has 2 atom stereocenters. The molecule has 1 N–H and O–H groups in total. The molecule has 118 valence electrons. The van der Waals surface area contributed by atoms with Crippen LogP contribution in [0.3, 0.4) is 0 Å². The second-order valence-corrected chi connectivity index (χ2v) is 6.28. The maximum absolute atomic E-state index is 9.55. The van der Waals surface area contributed by atoms with Crippen LogP contribution < -0.4 is 5.32 Å². The van der Waals surface area contributed by atoms with Gasteiger partial charge in [0.1, 0.15) is 11.6 Å². The minimum absolute atomic E-state index is 0.331.